The Kier molecular flexibility index (Phi) is 3.79. The molecule has 2 N–H and O–H groups in total. The number of aromatic nitrogens is 1. The molecule has 1 atom stereocenters. The number of aliphatic carboxylic acids is 1. The third kappa shape index (κ3) is 3.32. The normalized spacial score (nSPS) is 12.1. The molecule has 1 aromatic rings. The lowest BCUT2D eigenvalue weighted by molar-refractivity contribution is -0.140. The minimum atomic E-state index is -0.926. The highest BCUT2D eigenvalue weighted by Crippen LogP contribution is 2.07. The maximum Gasteiger partial charge on any atom is 0.308 e. The number of aryl methyl sites for hydroxylation is 1. The first-order valence-corrected chi connectivity index (χ1v) is 5.32. The second-order valence-electron chi connectivity index (χ2n) is 3.20. The summed E-state index contributed by atoms with van der Waals surface area (Å²) < 4.78 is 0. The van der Waals surface area contributed by atoms with Crippen LogP contribution in [0, 0.1) is 12.8 Å². The predicted octanol–water partition coefficient (Wildman–Crippen LogP) is 0.902. The van der Waals surface area contributed by atoms with Crippen LogP contribution in [-0.2, 0) is 4.79 Å². The summed E-state index contributed by atoms with van der Waals surface area (Å²) in [6.45, 7) is 3.46. The molecular weight excluding hydrogens is 216 g/mol. The molecule has 0 aliphatic rings. The molecule has 5 nitrogen and oxygen atoms in total. The lowest BCUT2D eigenvalue weighted by Crippen LogP contribution is -2.31. The lowest BCUT2D eigenvalue weighted by Gasteiger charge is -2.06. The zero-order valence-electron chi connectivity index (χ0n) is 8.48. The molecule has 0 radical (unpaired) electrons. The second-order valence-corrected chi connectivity index (χ2v) is 4.26. The van der Waals surface area contributed by atoms with Crippen molar-refractivity contribution < 1.29 is 14.7 Å². The number of carbonyl (C=O) groups excluding carboxylic acids is 1. The molecule has 15 heavy (non-hydrogen) atoms. The van der Waals surface area contributed by atoms with Crippen LogP contribution in [-0.4, -0.2) is 28.5 Å². The third-order valence-corrected chi connectivity index (χ3v) is 2.62. The summed E-state index contributed by atoms with van der Waals surface area (Å²) in [5, 5.41) is 13.6. The summed E-state index contributed by atoms with van der Waals surface area (Å²) >= 11 is 1.39. The highest BCUT2D eigenvalue weighted by molar-refractivity contribution is 7.09. The Bertz CT molecular complexity index is 375. The van der Waals surface area contributed by atoms with Crippen LogP contribution in [0.3, 0.4) is 0 Å². The fourth-order valence-corrected chi connectivity index (χ4v) is 1.48. The minimum Gasteiger partial charge on any atom is -0.481 e. The third-order valence-electron chi connectivity index (χ3n) is 1.84. The predicted molar refractivity (Wildman–Crippen MR) is 56.0 cm³/mol. The molecule has 6 heteroatoms. The molecule has 0 aromatic carbocycles. The second kappa shape index (κ2) is 4.88. The number of hydrogen-bond acceptors (Lipinski definition) is 4. The molecule has 1 heterocycles. The lowest BCUT2D eigenvalue weighted by atomic mass is 10.2. The monoisotopic (exact) mass is 228 g/mol. The van der Waals surface area contributed by atoms with E-state index in [0.717, 1.165) is 5.01 Å². The van der Waals surface area contributed by atoms with E-state index in [-0.39, 0.29) is 12.5 Å². The Morgan fingerprint density at radius 1 is 1.67 bits per heavy atom. The van der Waals surface area contributed by atoms with Crippen molar-refractivity contribution in [1.82, 2.24) is 10.3 Å². The van der Waals surface area contributed by atoms with Gasteiger partial charge in [0.15, 0.2) is 0 Å². The summed E-state index contributed by atoms with van der Waals surface area (Å²) in [6.07, 6.45) is 0. The van der Waals surface area contributed by atoms with Crippen LogP contribution in [0.5, 0.6) is 0 Å². The fraction of sp³-hybridized carbons (Fsp3) is 0.444. The van der Waals surface area contributed by atoms with Gasteiger partial charge in [0.1, 0.15) is 5.69 Å². The number of carboxylic acid groups (broad SMARTS) is 1. The number of thiazole rings is 1. The van der Waals surface area contributed by atoms with E-state index in [1.165, 1.54) is 18.3 Å². The van der Waals surface area contributed by atoms with Crippen molar-refractivity contribution in [1.29, 1.82) is 0 Å². The Labute approximate surface area is 91.1 Å². The van der Waals surface area contributed by atoms with Gasteiger partial charge >= 0.3 is 5.97 Å². The van der Waals surface area contributed by atoms with E-state index in [9.17, 15) is 9.59 Å². The summed E-state index contributed by atoms with van der Waals surface area (Å²) in [5.41, 5.74) is 0.343. The molecule has 0 saturated heterocycles. The number of nitrogens with one attached hydrogen (secondary N) is 1. The van der Waals surface area contributed by atoms with Gasteiger partial charge in [-0.15, -0.1) is 11.3 Å². The summed E-state index contributed by atoms with van der Waals surface area (Å²) in [5.74, 6) is -1.84. The largest absolute Gasteiger partial charge is 0.481 e. The van der Waals surface area contributed by atoms with E-state index in [1.807, 2.05) is 0 Å². The summed E-state index contributed by atoms with van der Waals surface area (Å²) in [6, 6.07) is 0. The Hall–Kier alpha value is -1.43. The van der Waals surface area contributed by atoms with E-state index in [1.54, 1.807) is 12.3 Å². The number of nitrogens with zero attached hydrogens (tertiary/aromatic N) is 1. The molecule has 0 fully saturated rings. The van der Waals surface area contributed by atoms with Crippen molar-refractivity contribution in [3.05, 3.63) is 16.1 Å². The Morgan fingerprint density at radius 3 is 2.80 bits per heavy atom. The van der Waals surface area contributed by atoms with Gasteiger partial charge in [-0.05, 0) is 6.92 Å². The Morgan fingerprint density at radius 2 is 2.33 bits per heavy atom. The van der Waals surface area contributed by atoms with Gasteiger partial charge in [-0.2, -0.15) is 0 Å². The molecule has 0 saturated carbocycles. The van der Waals surface area contributed by atoms with E-state index in [0.29, 0.717) is 5.69 Å². The quantitative estimate of drug-likeness (QED) is 0.802. The molecule has 0 bridgehead atoms. The van der Waals surface area contributed by atoms with Gasteiger partial charge in [0.25, 0.3) is 5.91 Å². The number of carboxylic acids is 1. The van der Waals surface area contributed by atoms with Crippen molar-refractivity contribution in [3.8, 4) is 0 Å². The van der Waals surface area contributed by atoms with Crippen molar-refractivity contribution in [2.75, 3.05) is 6.54 Å². The van der Waals surface area contributed by atoms with Crippen LogP contribution in [0.25, 0.3) is 0 Å². The van der Waals surface area contributed by atoms with Crippen molar-refractivity contribution in [2.45, 2.75) is 13.8 Å². The smallest absolute Gasteiger partial charge is 0.308 e. The number of rotatable bonds is 4. The van der Waals surface area contributed by atoms with Gasteiger partial charge < -0.3 is 10.4 Å². The first kappa shape index (κ1) is 11.6. The van der Waals surface area contributed by atoms with Gasteiger partial charge in [0.2, 0.25) is 0 Å². The molecular formula is C9H12N2O3S. The number of amides is 1. The van der Waals surface area contributed by atoms with Crippen molar-refractivity contribution in [3.63, 3.8) is 0 Å². The zero-order chi connectivity index (χ0) is 11.4. The average Bonchev–Trinajstić information content (AvgIpc) is 2.60. The Balaban J connectivity index is 2.47. The molecule has 0 spiro atoms. The van der Waals surface area contributed by atoms with Crippen LogP contribution in [0.15, 0.2) is 5.38 Å². The average molecular weight is 228 g/mol. The van der Waals surface area contributed by atoms with Crippen molar-refractivity contribution >= 4 is 23.2 Å². The van der Waals surface area contributed by atoms with Crippen LogP contribution >= 0.6 is 11.3 Å². The fourth-order valence-electron chi connectivity index (χ4n) is 0.891. The first-order valence-electron chi connectivity index (χ1n) is 4.44. The molecule has 1 amide bonds. The standard InChI is InChI=1S/C9H12N2O3S/c1-5(9(13)14)3-10-8(12)7-4-15-6(2)11-7/h4-5H,3H2,1-2H3,(H,10,12)(H,13,14). The topological polar surface area (TPSA) is 79.3 Å². The number of carbonyl (C=O) groups is 2. The van der Waals surface area contributed by atoms with Gasteiger partial charge in [-0.1, -0.05) is 6.92 Å². The van der Waals surface area contributed by atoms with Gasteiger partial charge in [-0.3, -0.25) is 9.59 Å². The molecule has 1 aromatic heterocycles. The van der Waals surface area contributed by atoms with Crippen LogP contribution < -0.4 is 5.32 Å². The summed E-state index contributed by atoms with van der Waals surface area (Å²) in [4.78, 5) is 25.9. The molecule has 0 aliphatic heterocycles. The van der Waals surface area contributed by atoms with Gasteiger partial charge in [-0.25, -0.2) is 4.98 Å². The molecule has 0 aliphatic carbocycles. The summed E-state index contributed by atoms with van der Waals surface area (Å²) in [7, 11) is 0. The maximum absolute atomic E-state index is 11.4. The number of hydrogen-bond donors (Lipinski definition) is 2. The zero-order valence-corrected chi connectivity index (χ0v) is 9.30. The van der Waals surface area contributed by atoms with E-state index < -0.39 is 11.9 Å². The van der Waals surface area contributed by atoms with E-state index in [4.69, 9.17) is 5.11 Å². The first-order chi connectivity index (χ1) is 7.00. The SMILES string of the molecule is Cc1nc(C(=O)NCC(C)C(=O)O)cs1. The van der Waals surface area contributed by atoms with Crippen molar-refractivity contribution in [2.24, 2.45) is 5.92 Å². The van der Waals surface area contributed by atoms with E-state index >= 15 is 0 Å². The van der Waals surface area contributed by atoms with Gasteiger partial charge in [0.05, 0.1) is 10.9 Å². The van der Waals surface area contributed by atoms with Crippen LogP contribution in [0.4, 0.5) is 0 Å². The molecule has 82 valence electrons. The highest BCUT2D eigenvalue weighted by atomic mass is 32.1. The van der Waals surface area contributed by atoms with Crippen LogP contribution in [0.2, 0.25) is 0 Å². The minimum absolute atomic E-state index is 0.116. The highest BCUT2D eigenvalue weighted by Gasteiger charge is 2.14. The molecule has 1 rings (SSSR count). The molecule has 1 unspecified atom stereocenters. The van der Waals surface area contributed by atoms with Gasteiger partial charge in [0, 0.05) is 11.9 Å². The van der Waals surface area contributed by atoms with E-state index in [2.05, 4.69) is 10.3 Å². The maximum atomic E-state index is 11.4. The van der Waals surface area contributed by atoms with Crippen LogP contribution in [0.1, 0.15) is 22.4 Å².